The number of carbonyl (C=O) groups excluding carboxylic acids is 1. The van der Waals surface area contributed by atoms with Crippen LogP contribution in [0.5, 0.6) is 0 Å². The largest absolute Gasteiger partial charge is 0.356 e. The average Bonchev–Trinajstić information content (AvgIpc) is 3.12. The molecule has 0 radical (unpaired) electrons. The van der Waals surface area contributed by atoms with Gasteiger partial charge < -0.3 is 15.6 Å². The number of benzene rings is 3. The number of carbonyl (C=O) groups is 1. The van der Waals surface area contributed by atoms with Gasteiger partial charge in [0.15, 0.2) is 0 Å². The molecular weight excluding hydrogens is 336 g/mol. The Bertz CT molecular complexity index is 1010. The van der Waals surface area contributed by atoms with Gasteiger partial charge in [0.2, 0.25) is 5.91 Å². The second kappa shape index (κ2) is 7.74. The number of nitrogens with zero attached hydrogens (tertiary/aromatic N) is 1. The van der Waals surface area contributed by atoms with Crippen LogP contribution in [-0.4, -0.2) is 15.9 Å². The Hall–Kier alpha value is -3.60. The van der Waals surface area contributed by atoms with Gasteiger partial charge in [-0.15, -0.1) is 0 Å². The van der Waals surface area contributed by atoms with Gasteiger partial charge in [0.05, 0.1) is 11.0 Å². The number of nitrogens with one attached hydrogen (secondary N) is 3. The quantitative estimate of drug-likeness (QED) is 0.461. The zero-order valence-corrected chi connectivity index (χ0v) is 14.8. The van der Waals surface area contributed by atoms with Crippen LogP contribution in [0.15, 0.2) is 78.9 Å². The Morgan fingerprint density at radius 3 is 2.26 bits per heavy atom. The van der Waals surface area contributed by atoms with Crippen LogP contribution in [0.3, 0.4) is 0 Å². The molecule has 0 spiro atoms. The lowest BCUT2D eigenvalue weighted by Gasteiger charge is -2.08. The smallest absolute Gasteiger partial charge is 0.224 e. The number of fused-ring (bicyclic) bond motifs is 1. The number of aromatic amines is 1. The fourth-order valence-corrected chi connectivity index (χ4v) is 2.90. The summed E-state index contributed by atoms with van der Waals surface area (Å²) in [7, 11) is 0. The van der Waals surface area contributed by atoms with E-state index in [0.29, 0.717) is 12.8 Å². The first-order valence-corrected chi connectivity index (χ1v) is 8.92. The minimum atomic E-state index is -0.0285. The van der Waals surface area contributed by atoms with Crippen LogP contribution in [0.4, 0.5) is 17.1 Å². The fraction of sp³-hybridized carbons (Fsp3) is 0.0909. The van der Waals surface area contributed by atoms with Crippen molar-refractivity contribution in [3.05, 3.63) is 84.7 Å². The van der Waals surface area contributed by atoms with Gasteiger partial charge in [-0.05, 0) is 48.5 Å². The summed E-state index contributed by atoms with van der Waals surface area (Å²) in [5.74, 6) is 0.799. The van der Waals surface area contributed by atoms with E-state index in [1.54, 1.807) is 0 Å². The number of para-hydroxylation sites is 3. The minimum Gasteiger partial charge on any atom is -0.356 e. The van der Waals surface area contributed by atoms with Gasteiger partial charge in [-0.25, -0.2) is 4.98 Å². The maximum absolute atomic E-state index is 12.2. The third-order valence-electron chi connectivity index (χ3n) is 4.26. The number of imidazole rings is 1. The fourth-order valence-electron chi connectivity index (χ4n) is 2.90. The van der Waals surface area contributed by atoms with E-state index in [-0.39, 0.29) is 5.91 Å². The van der Waals surface area contributed by atoms with Crippen LogP contribution in [0.25, 0.3) is 11.0 Å². The lowest BCUT2D eigenvalue weighted by molar-refractivity contribution is -0.116. The van der Waals surface area contributed by atoms with Crippen molar-refractivity contribution < 1.29 is 4.79 Å². The monoisotopic (exact) mass is 356 g/mol. The highest BCUT2D eigenvalue weighted by Crippen LogP contribution is 2.19. The lowest BCUT2D eigenvalue weighted by Crippen LogP contribution is -2.12. The summed E-state index contributed by atoms with van der Waals surface area (Å²) in [5, 5.41) is 6.25. The van der Waals surface area contributed by atoms with Crippen LogP contribution in [-0.2, 0) is 11.2 Å². The Labute approximate surface area is 157 Å². The van der Waals surface area contributed by atoms with Crippen molar-refractivity contribution in [2.45, 2.75) is 12.8 Å². The summed E-state index contributed by atoms with van der Waals surface area (Å²) in [6.07, 6.45) is 0.956. The number of hydrogen-bond donors (Lipinski definition) is 3. The van der Waals surface area contributed by atoms with E-state index in [9.17, 15) is 4.79 Å². The average molecular weight is 356 g/mol. The molecule has 4 aromatic rings. The van der Waals surface area contributed by atoms with Gasteiger partial charge in [-0.1, -0.05) is 30.3 Å². The number of hydrogen-bond acceptors (Lipinski definition) is 3. The van der Waals surface area contributed by atoms with E-state index >= 15 is 0 Å². The molecular formula is C22H20N4O. The van der Waals surface area contributed by atoms with E-state index in [4.69, 9.17) is 0 Å². The van der Waals surface area contributed by atoms with Gasteiger partial charge in [-0.3, -0.25) is 4.79 Å². The number of aromatic nitrogens is 2. The van der Waals surface area contributed by atoms with Gasteiger partial charge in [0.1, 0.15) is 5.82 Å². The highest BCUT2D eigenvalue weighted by atomic mass is 16.1. The van der Waals surface area contributed by atoms with Crippen molar-refractivity contribution in [1.29, 1.82) is 0 Å². The maximum Gasteiger partial charge on any atom is 0.224 e. The molecule has 0 atom stereocenters. The highest BCUT2D eigenvalue weighted by molar-refractivity contribution is 5.91. The molecule has 0 aliphatic heterocycles. The number of H-pyrrole nitrogens is 1. The molecule has 0 bridgehead atoms. The first kappa shape index (κ1) is 16.8. The maximum atomic E-state index is 12.2. The van der Waals surface area contributed by atoms with E-state index in [1.807, 2.05) is 78.9 Å². The van der Waals surface area contributed by atoms with Crippen LogP contribution in [0, 0.1) is 0 Å². The molecule has 1 amide bonds. The van der Waals surface area contributed by atoms with Crippen molar-refractivity contribution in [1.82, 2.24) is 9.97 Å². The Morgan fingerprint density at radius 2 is 1.48 bits per heavy atom. The number of rotatable bonds is 6. The van der Waals surface area contributed by atoms with Crippen LogP contribution < -0.4 is 10.6 Å². The molecule has 0 saturated heterocycles. The van der Waals surface area contributed by atoms with E-state index in [0.717, 1.165) is 33.9 Å². The molecule has 5 nitrogen and oxygen atoms in total. The molecule has 27 heavy (non-hydrogen) atoms. The third kappa shape index (κ3) is 4.33. The lowest BCUT2D eigenvalue weighted by atomic mass is 10.2. The molecule has 0 unspecified atom stereocenters. The van der Waals surface area contributed by atoms with Crippen molar-refractivity contribution >= 4 is 34.0 Å². The zero-order valence-electron chi connectivity index (χ0n) is 14.8. The van der Waals surface area contributed by atoms with Gasteiger partial charge >= 0.3 is 0 Å². The zero-order chi connectivity index (χ0) is 18.5. The molecule has 0 aliphatic rings. The topological polar surface area (TPSA) is 69.8 Å². The Kier molecular flexibility index (Phi) is 4.83. The number of aryl methyl sites for hydroxylation is 1. The molecule has 3 N–H and O–H groups in total. The molecule has 4 rings (SSSR count). The third-order valence-corrected chi connectivity index (χ3v) is 4.26. The minimum absolute atomic E-state index is 0.0285. The second-order valence-electron chi connectivity index (χ2n) is 6.32. The molecule has 0 fully saturated rings. The summed E-state index contributed by atoms with van der Waals surface area (Å²) in [5.41, 5.74) is 4.70. The van der Waals surface area contributed by atoms with Crippen LogP contribution >= 0.6 is 0 Å². The van der Waals surface area contributed by atoms with Crippen molar-refractivity contribution in [2.24, 2.45) is 0 Å². The Morgan fingerprint density at radius 1 is 0.815 bits per heavy atom. The van der Waals surface area contributed by atoms with Crippen molar-refractivity contribution in [3.8, 4) is 0 Å². The summed E-state index contributed by atoms with van der Waals surface area (Å²) >= 11 is 0. The molecule has 0 aliphatic carbocycles. The van der Waals surface area contributed by atoms with Crippen molar-refractivity contribution in [2.75, 3.05) is 10.6 Å². The van der Waals surface area contributed by atoms with E-state index < -0.39 is 0 Å². The second-order valence-corrected chi connectivity index (χ2v) is 6.32. The predicted octanol–water partition coefficient (Wildman–Crippen LogP) is 4.88. The first-order valence-electron chi connectivity index (χ1n) is 8.92. The van der Waals surface area contributed by atoms with E-state index in [2.05, 4.69) is 20.6 Å². The summed E-state index contributed by atoms with van der Waals surface area (Å²) in [4.78, 5) is 20.0. The number of anilines is 3. The SMILES string of the molecule is O=C(CCc1nc2ccccc2[nH]1)Nc1ccc(Nc2ccccc2)cc1. The van der Waals surface area contributed by atoms with Crippen molar-refractivity contribution in [3.63, 3.8) is 0 Å². The van der Waals surface area contributed by atoms with Crippen LogP contribution in [0.2, 0.25) is 0 Å². The summed E-state index contributed by atoms with van der Waals surface area (Å²) < 4.78 is 0. The van der Waals surface area contributed by atoms with Gasteiger partial charge in [0, 0.05) is 29.9 Å². The molecule has 3 aromatic carbocycles. The molecule has 1 heterocycles. The number of amides is 1. The summed E-state index contributed by atoms with van der Waals surface area (Å²) in [6.45, 7) is 0. The molecule has 134 valence electrons. The van der Waals surface area contributed by atoms with Gasteiger partial charge in [-0.2, -0.15) is 0 Å². The first-order chi connectivity index (χ1) is 13.3. The summed E-state index contributed by atoms with van der Waals surface area (Å²) in [6, 6.07) is 25.5. The molecule has 5 heteroatoms. The Balaban J connectivity index is 1.31. The highest BCUT2D eigenvalue weighted by Gasteiger charge is 2.07. The molecule has 0 saturated carbocycles. The van der Waals surface area contributed by atoms with Gasteiger partial charge in [0.25, 0.3) is 0 Å². The predicted molar refractivity (Wildman–Crippen MR) is 109 cm³/mol. The standard InChI is InChI=1S/C22H20N4O/c27-22(15-14-21-25-19-8-4-5-9-20(19)26-21)24-18-12-10-17(11-13-18)23-16-6-2-1-3-7-16/h1-13,23H,14-15H2,(H,24,27)(H,25,26). The van der Waals surface area contributed by atoms with Crippen LogP contribution in [0.1, 0.15) is 12.2 Å². The van der Waals surface area contributed by atoms with E-state index in [1.165, 1.54) is 0 Å². The normalized spacial score (nSPS) is 10.7. The molecule has 1 aromatic heterocycles.